The summed E-state index contributed by atoms with van der Waals surface area (Å²) >= 11 is 6.28. The van der Waals surface area contributed by atoms with E-state index in [4.69, 9.17) is 11.6 Å². The van der Waals surface area contributed by atoms with Gasteiger partial charge < -0.3 is 0 Å². The van der Waals surface area contributed by atoms with Crippen LogP contribution in [-0.2, 0) is 6.42 Å². The largest absolute Gasteiger partial charge is 0.123 e. The lowest BCUT2D eigenvalue weighted by Gasteiger charge is -2.25. The summed E-state index contributed by atoms with van der Waals surface area (Å²) in [5, 5.41) is 0.307. The van der Waals surface area contributed by atoms with Crippen LogP contribution in [0.3, 0.4) is 0 Å². The van der Waals surface area contributed by atoms with Crippen molar-refractivity contribution < 1.29 is 0 Å². The number of alkyl halides is 1. The summed E-state index contributed by atoms with van der Waals surface area (Å²) in [5.41, 5.74) is 2.96. The van der Waals surface area contributed by atoms with E-state index in [9.17, 15) is 0 Å². The molecule has 17 heavy (non-hydrogen) atoms. The summed E-state index contributed by atoms with van der Waals surface area (Å²) in [5.74, 6) is 1.42. The van der Waals surface area contributed by atoms with Gasteiger partial charge in [0.15, 0.2) is 0 Å². The molecule has 0 aromatic heterocycles. The number of rotatable bonds is 5. The van der Waals surface area contributed by atoms with Gasteiger partial charge in [0.1, 0.15) is 0 Å². The van der Waals surface area contributed by atoms with E-state index in [-0.39, 0.29) is 0 Å². The van der Waals surface area contributed by atoms with E-state index in [1.165, 1.54) is 30.4 Å². The summed E-state index contributed by atoms with van der Waals surface area (Å²) in [4.78, 5) is 0. The van der Waals surface area contributed by atoms with Crippen LogP contribution in [0, 0.1) is 5.92 Å². The van der Waals surface area contributed by atoms with Gasteiger partial charge in [0.05, 0.1) is 0 Å². The standard InChI is InChI=1S/C16H23Cl/c1-12(2)16(17)11-8-13-6-9-15(10-7-13)14-4-3-5-14/h6-7,9-10,12,14,16H,3-5,8,11H2,1-2H3. The second-order valence-electron chi connectivity index (χ2n) is 5.67. The smallest absolute Gasteiger partial charge is 0.0362 e. The first-order chi connectivity index (χ1) is 8.16. The first-order valence-corrected chi connectivity index (χ1v) is 7.33. The molecule has 0 spiro atoms. The van der Waals surface area contributed by atoms with Crippen molar-refractivity contribution in [1.82, 2.24) is 0 Å². The molecule has 94 valence electrons. The van der Waals surface area contributed by atoms with Crippen LogP contribution in [0.1, 0.15) is 56.6 Å². The zero-order valence-corrected chi connectivity index (χ0v) is 11.7. The Bertz CT molecular complexity index is 335. The summed E-state index contributed by atoms with van der Waals surface area (Å²) in [6.45, 7) is 4.38. The molecule has 1 aliphatic rings. The number of hydrogen-bond donors (Lipinski definition) is 0. The topological polar surface area (TPSA) is 0 Å². The lowest BCUT2D eigenvalue weighted by molar-refractivity contribution is 0.419. The van der Waals surface area contributed by atoms with E-state index < -0.39 is 0 Å². The molecule has 1 atom stereocenters. The molecule has 0 amide bonds. The van der Waals surface area contributed by atoms with E-state index in [0.29, 0.717) is 11.3 Å². The van der Waals surface area contributed by atoms with Crippen LogP contribution in [-0.4, -0.2) is 5.38 Å². The molecule has 1 heteroatoms. The number of hydrogen-bond acceptors (Lipinski definition) is 0. The van der Waals surface area contributed by atoms with Crippen molar-refractivity contribution in [3.63, 3.8) is 0 Å². The van der Waals surface area contributed by atoms with Crippen molar-refractivity contribution in [2.45, 2.75) is 57.2 Å². The molecule has 0 nitrogen and oxygen atoms in total. The average Bonchev–Trinajstić information content (AvgIpc) is 2.25. The molecule has 1 aliphatic carbocycles. The highest BCUT2D eigenvalue weighted by molar-refractivity contribution is 6.20. The van der Waals surface area contributed by atoms with Crippen molar-refractivity contribution >= 4 is 11.6 Å². The van der Waals surface area contributed by atoms with Gasteiger partial charge >= 0.3 is 0 Å². The summed E-state index contributed by atoms with van der Waals surface area (Å²) in [7, 11) is 0. The molecule has 2 rings (SSSR count). The fourth-order valence-corrected chi connectivity index (χ4v) is 2.45. The van der Waals surface area contributed by atoms with Crippen LogP contribution in [0.5, 0.6) is 0 Å². The first kappa shape index (κ1) is 13.0. The highest BCUT2D eigenvalue weighted by atomic mass is 35.5. The molecule has 1 aromatic carbocycles. The highest BCUT2D eigenvalue weighted by Gasteiger charge is 2.18. The molecule has 1 fully saturated rings. The molecule has 0 saturated heterocycles. The van der Waals surface area contributed by atoms with Crippen molar-refractivity contribution in [3.8, 4) is 0 Å². The maximum Gasteiger partial charge on any atom is 0.0362 e. The minimum absolute atomic E-state index is 0.307. The third-order valence-electron chi connectivity index (χ3n) is 3.99. The van der Waals surface area contributed by atoms with Crippen LogP contribution in [0.2, 0.25) is 0 Å². The van der Waals surface area contributed by atoms with Gasteiger partial charge in [-0.05, 0) is 48.6 Å². The Kier molecular flexibility index (Phi) is 4.50. The second-order valence-corrected chi connectivity index (χ2v) is 6.23. The van der Waals surface area contributed by atoms with Crippen LogP contribution in [0.25, 0.3) is 0 Å². The van der Waals surface area contributed by atoms with Gasteiger partial charge in [0.2, 0.25) is 0 Å². The third kappa shape index (κ3) is 3.48. The fourth-order valence-electron chi connectivity index (χ4n) is 2.34. The van der Waals surface area contributed by atoms with Gasteiger partial charge in [-0.3, -0.25) is 0 Å². The summed E-state index contributed by atoms with van der Waals surface area (Å²) in [6, 6.07) is 9.21. The molecular weight excluding hydrogens is 228 g/mol. The Morgan fingerprint density at radius 2 is 1.82 bits per heavy atom. The SMILES string of the molecule is CC(C)C(Cl)CCc1ccc(C2CCC2)cc1. The van der Waals surface area contributed by atoms with E-state index in [1.807, 2.05) is 0 Å². The molecule has 1 saturated carbocycles. The van der Waals surface area contributed by atoms with Gasteiger partial charge in [-0.1, -0.05) is 44.5 Å². The maximum atomic E-state index is 6.28. The van der Waals surface area contributed by atoms with E-state index in [0.717, 1.165) is 18.8 Å². The zero-order valence-electron chi connectivity index (χ0n) is 11.0. The average molecular weight is 251 g/mol. The summed E-state index contributed by atoms with van der Waals surface area (Å²) in [6.07, 6.45) is 6.38. The number of halogens is 1. The molecule has 0 bridgehead atoms. The van der Waals surface area contributed by atoms with Crippen molar-refractivity contribution in [2.75, 3.05) is 0 Å². The van der Waals surface area contributed by atoms with Crippen molar-refractivity contribution in [1.29, 1.82) is 0 Å². The molecule has 0 radical (unpaired) electrons. The van der Waals surface area contributed by atoms with Crippen LogP contribution < -0.4 is 0 Å². The molecule has 1 unspecified atom stereocenters. The highest BCUT2D eigenvalue weighted by Crippen LogP contribution is 2.36. The number of benzene rings is 1. The minimum Gasteiger partial charge on any atom is -0.123 e. The Morgan fingerprint density at radius 3 is 2.29 bits per heavy atom. The van der Waals surface area contributed by atoms with E-state index in [2.05, 4.69) is 38.1 Å². The molecular formula is C16H23Cl. The fraction of sp³-hybridized carbons (Fsp3) is 0.625. The van der Waals surface area contributed by atoms with E-state index >= 15 is 0 Å². The van der Waals surface area contributed by atoms with Gasteiger partial charge in [-0.2, -0.15) is 0 Å². The second kappa shape index (κ2) is 5.91. The van der Waals surface area contributed by atoms with Crippen molar-refractivity contribution in [3.05, 3.63) is 35.4 Å². The third-order valence-corrected chi connectivity index (χ3v) is 4.71. The van der Waals surface area contributed by atoms with Gasteiger partial charge in [-0.15, -0.1) is 11.6 Å². The Morgan fingerprint density at radius 1 is 1.18 bits per heavy atom. The van der Waals surface area contributed by atoms with Crippen LogP contribution in [0.4, 0.5) is 0 Å². The van der Waals surface area contributed by atoms with Gasteiger partial charge in [0.25, 0.3) is 0 Å². The molecule has 0 aliphatic heterocycles. The Labute approximate surface area is 110 Å². The van der Waals surface area contributed by atoms with Crippen LogP contribution in [0.15, 0.2) is 24.3 Å². The van der Waals surface area contributed by atoms with Crippen molar-refractivity contribution in [2.24, 2.45) is 5.92 Å². The predicted molar refractivity (Wildman–Crippen MR) is 75.8 cm³/mol. The van der Waals surface area contributed by atoms with E-state index in [1.54, 1.807) is 0 Å². The minimum atomic E-state index is 0.307. The monoisotopic (exact) mass is 250 g/mol. The normalized spacial score (nSPS) is 18.1. The molecule has 0 heterocycles. The first-order valence-electron chi connectivity index (χ1n) is 6.89. The van der Waals surface area contributed by atoms with Gasteiger partial charge in [-0.25, -0.2) is 0 Å². The lowest BCUT2D eigenvalue weighted by atomic mass is 9.80. The van der Waals surface area contributed by atoms with Gasteiger partial charge in [0, 0.05) is 5.38 Å². The van der Waals surface area contributed by atoms with Crippen LogP contribution >= 0.6 is 11.6 Å². The zero-order chi connectivity index (χ0) is 12.3. The molecule has 1 aromatic rings. The lowest BCUT2D eigenvalue weighted by Crippen LogP contribution is -2.10. The quantitative estimate of drug-likeness (QED) is 0.634. The Hall–Kier alpha value is -0.490. The maximum absolute atomic E-state index is 6.28. The number of aryl methyl sites for hydroxylation is 1. The predicted octanol–water partition coefficient (Wildman–Crippen LogP) is 5.15. The summed E-state index contributed by atoms with van der Waals surface area (Å²) < 4.78 is 0. The molecule has 0 N–H and O–H groups in total. The Balaban J connectivity index is 1.85.